The maximum Gasteiger partial charge on any atom is 0.0871 e. The van der Waals surface area contributed by atoms with Gasteiger partial charge in [-0.05, 0) is 18.9 Å². The van der Waals surface area contributed by atoms with Crippen LogP contribution in [0, 0.1) is 0 Å². The van der Waals surface area contributed by atoms with E-state index in [1.54, 1.807) is 0 Å². The quantitative estimate of drug-likeness (QED) is 0.450. The Morgan fingerprint density at radius 3 is 2.50 bits per heavy atom. The van der Waals surface area contributed by atoms with E-state index >= 15 is 0 Å². The van der Waals surface area contributed by atoms with Gasteiger partial charge in [-0.25, -0.2) is 0 Å². The molecule has 1 atom stereocenters. The molecule has 18 heavy (non-hydrogen) atoms. The molecule has 0 aromatic heterocycles. The molecule has 1 aromatic rings. The molecule has 1 aromatic carbocycles. The predicted molar refractivity (Wildman–Crippen MR) is 78.8 cm³/mol. The van der Waals surface area contributed by atoms with E-state index < -0.39 is 0 Å². The summed E-state index contributed by atoms with van der Waals surface area (Å²) in [5.74, 6) is 0. The van der Waals surface area contributed by atoms with Gasteiger partial charge in [0.05, 0.1) is 5.60 Å². The minimum atomic E-state index is -0.242. The van der Waals surface area contributed by atoms with Crippen LogP contribution in [-0.2, 0) is 11.2 Å². The van der Waals surface area contributed by atoms with Crippen LogP contribution in [0.5, 0.6) is 0 Å². The zero-order valence-corrected chi connectivity index (χ0v) is 11.8. The lowest BCUT2D eigenvalue weighted by Crippen LogP contribution is -2.29. The molecule has 1 nitrogen and oxygen atoms in total. The normalized spacial score (nSPS) is 14.1. The summed E-state index contributed by atoms with van der Waals surface area (Å²) in [6, 6.07) is 10.5. The number of hydrogen-bond acceptors (Lipinski definition) is 1. The second kappa shape index (κ2) is 8.10. The van der Waals surface area contributed by atoms with Gasteiger partial charge in [0.25, 0.3) is 0 Å². The Kier molecular flexibility index (Phi) is 6.74. The monoisotopic (exact) mass is 246 g/mol. The number of ether oxygens (including phenoxy) is 1. The molecule has 1 heteroatoms. The minimum Gasteiger partial charge on any atom is -0.371 e. The Balaban J connectivity index is 2.40. The van der Waals surface area contributed by atoms with Crippen molar-refractivity contribution in [2.24, 2.45) is 0 Å². The van der Waals surface area contributed by atoms with Gasteiger partial charge in [0, 0.05) is 13.0 Å². The average Bonchev–Trinajstić information content (AvgIpc) is 2.40. The molecule has 0 amide bonds. The lowest BCUT2D eigenvalue weighted by molar-refractivity contribution is 0.00408. The van der Waals surface area contributed by atoms with Crippen LogP contribution in [0.25, 0.3) is 0 Å². The summed E-state index contributed by atoms with van der Waals surface area (Å²) < 4.78 is 6.01. The maximum atomic E-state index is 6.01. The van der Waals surface area contributed by atoms with E-state index in [4.69, 9.17) is 4.74 Å². The van der Waals surface area contributed by atoms with Crippen molar-refractivity contribution < 1.29 is 4.74 Å². The molecule has 0 N–H and O–H groups in total. The largest absolute Gasteiger partial charge is 0.371 e. The summed E-state index contributed by atoms with van der Waals surface area (Å²) in [7, 11) is 0. The summed E-state index contributed by atoms with van der Waals surface area (Å²) in [5, 5.41) is 0. The van der Waals surface area contributed by atoms with Crippen molar-refractivity contribution in [2.45, 2.75) is 51.6 Å². The molecule has 0 fully saturated rings. The zero-order valence-electron chi connectivity index (χ0n) is 11.8. The van der Waals surface area contributed by atoms with Gasteiger partial charge in [0.15, 0.2) is 0 Å². The van der Waals surface area contributed by atoms with Crippen molar-refractivity contribution in [1.29, 1.82) is 0 Å². The first-order chi connectivity index (χ1) is 8.70. The van der Waals surface area contributed by atoms with Gasteiger partial charge in [-0.2, -0.15) is 0 Å². The van der Waals surface area contributed by atoms with Gasteiger partial charge >= 0.3 is 0 Å². The van der Waals surface area contributed by atoms with Crippen molar-refractivity contribution in [3.05, 3.63) is 48.6 Å². The van der Waals surface area contributed by atoms with Crippen molar-refractivity contribution in [3.8, 4) is 0 Å². The number of benzene rings is 1. The Hall–Kier alpha value is -1.08. The van der Waals surface area contributed by atoms with Crippen LogP contribution in [0.3, 0.4) is 0 Å². The number of hydrogen-bond donors (Lipinski definition) is 0. The van der Waals surface area contributed by atoms with Gasteiger partial charge in [0.1, 0.15) is 0 Å². The molecule has 100 valence electrons. The Bertz CT molecular complexity index is 331. The van der Waals surface area contributed by atoms with Crippen molar-refractivity contribution >= 4 is 0 Å². The van der Waals surface area contributed by atoms with Gasteiger partial charge in [-0.15, -0.1) is 6.58 Å². The highest BCUT2D eigenvalue weighted by molar-refractivity contribution is 5.18. The van der Waals surface area contributed by atoms with Gasteiger partial charge in [-0.3, -0.25) is 0 Å². The third-order valence-corrected chi connectivity index (χ3v) is 3.26. The van der Waals surface area contributed by atoms with Gasteiger partial charge in [0.2, 0.25) is 0 Å². The average molecular weight is 246 g/mol. The number of rotatable bonds is 9. The maximum absolute atomic E-state index is 6.01. The first kappa shape index (κ1) is 15.0. The van der Waals surface area contributed by atoms with Gasteiger partial charge in [-0.1, -0.05) is 62.6 Å². The molecular weight excluding hydrogens is 220 g/mol. The smallest absolute Gasteiger partial charge is 0.0871 e. The Labute approximate surface area is 112 Å². The fourth-order valence-corrected chi connectivity index (χ4v) is 2.02. The molecular formula is C17H26O. The van der Waals surface area contributed by atoms with Gasteiger partial charge < -0.3 is 4.74 Å². The highest BCUT2D eigenvalue weighted by Gasteiger charge is 2.20. The summed E-state index contributed by atoms with van der Waals surface area (Å²) in [6.45, 7) is 9.09. The van der Waals surface area contributed by atoms with E-state index in [2.05, 4.69) is 44.7 Å². The first-order valence-electron chi connectivity index (χ1n) is 7.01. The standard InChI is InChI=1S/C17H26O/c1-4-6-7-11-14-18-17(3,5-2)15-16-12-9-8-10-13-16/h5,8-10,12-13H,2,4,6-7,11,14-15H2,1,3H3. The first-order valence-corrected chi connectivity index (χ1v) is 7.01. The van der Waals surface area contributed by atoms with Crippen molar-refractivity contribution in [2.75, 3.05) is 6.61 Å². The summed E-state index contributed by atoms with van der Waals surface area (Å²) in [6.07, 6.45) is 7.79. The SMILES string of the molecule is C=CC(C)(Cc1ccccc1)OCCCCCC. The molecule has 0 saturated carbocycles. The topological polar surface area (TPSA) is 9.23 Å². The van der Waals surface area contributed by atoms with Crippen LogP contribution < -0.4 is 0 Å². The zero-order chi connectivity index (χ0) is 13.3. The predicted octanol–water partition coefficient (Wildman–Crippen LogP) is 4.77. The van der Waals surface area contributed by atoms with Crippen LogP contribution in [0.1, 0.15) is 45.1 Å². The lowest BCUT2D eigenvalue weighted by Gasteiger charge is -2.26. The van der Waals surface area contributed by atoms with Crippen molar-refractivity contribution in [3.63, 3.8) is 0 Å². The molecule has 0 saturated heterocycles. The highest BCUT2D eigenvalue weighted by atomic mass is 16.5. The summed E-state index contributed by atoms with van der Waals surface area (Å²) in [5.41, 5.74) is 1.06. The van der Waals surface area contributed by atoms with Crippen LogP contribution in [0.2, 0.25) is 0 Å². The van der Waals surface area contributed by atoms with E-state index in [1.165, 1.54) is 24.8 Å². The second-order valence-electron chi connectivity index (χ2n) is 5.09. The van der Waals surface area contributed by atoms with Crippen LogP contribution in [0.15, 0.2) is 43.0 Å². The molecule has 1 rings (SSSR count). The van der Waals surface area contributed by atoms with E-state index in [1.807, 2.05) is 12.1 Å². The molecule has 0 spiro atoms. The molecule has 0 aliphatic heterocycles. The Morgan fingerprint density at radius 1 is 1.17 bits per heavy atom. The van der Waals surface area contributed by atoms with Crippen molar-refractivity contribution in [1.82, 2.24) is 0 Å². The molecule has 0 aliphatic rings. The molecule has 0 aliphatic carbocycles. The van der Waals surface area contributed by atoms with Crippen LogP contribution in [0.4, 0.5) is 0 Å². The molecule has 0 heterocycles. The molecule has 1 unspecified atom stereocenters. The second-order valence-corrected chi connectivity index (χ2v) is 5.09. The van der Waals surface area contributed by atoms with E-state index in [0.717, 1.165) is 19.4 Å². The fourth-order valence-electron chi connectivity index (χ4n) is 2.02. The third-order valence-electron chi connectivity index (χ3n) is 3.26. The summed E-state index contributed by atoms with van der Waals surface area (Å²) in [4.78, 5) is 0. The van der Waals surface area contributed by atoms with E-state index in [-0.39, 0.29) is 5.60 Å². The Morgan fingerprint density at radius 2 is 1.89 bits per heavy atom. The minimum absolute atomic E-state index is 0.242. The lowest BCUT2D eigenvalue weighted by atomic mass is 9.96. The van der Waals surface area contributed by atoms with E-state index in [0.29, 0.717) is 0 Å². The molecule has 0 radical (unpaired) electrons. The van der Waals surface area contributed by atoms with Crippen LogP contribution >= 0.6 is 0 Å². The number of unbranched alkanes of at least 4 members (excludes halogenated alkanes) is 3. The van der Waals surface area contributed by atoms with Crippen LogP contribution in [-0.4, -0.2) is 12.2 Å². The summed E-state index contributed by atoms with van der Waals surface area (Å²) >= 11 is 0. The fraction of sp³-hybridized carbons (Fsp3) is 0.529. The highest BCUT2D eigenvalue weighted by Crippen LogP contribution is 2.19. The third kappa shape index (κ3) is 5.50. The van der Waals surface area contributed by atoms with E-state index in [9.17, 15) is 0 Å². The molecule has 0 bridgehead atoms.